The molecule has 12 heteroatoms. The summed E-state index contributed by atoms with van der Waals surface area (Å²) in [5.74, 6) is -0.0383. The second kappa shape index (κ2) is 11.5. The molecule has 0 saturated carbocycles. The van der Waals surface area contributed by atoms with Gasteiger partial charge in [0.1, 0.15) is 5.75 Å². The van der Waals surface area contributed by atoms with Crippen molar-refractivity contribution in [2.75, 3.05) is 51.7 Å². The van der Waals surface area contributed by atoms with E-state index in [9.17, 15) is 21.6 Å². The van der Waals surface area contributed by atoms with Crippen LogP contribution in [0.25, 0.3) is 0 Å². The topological polar surface area (TPSA) is 125 Å². The van der Waals surface area contributed by atoms with E-state index in [0.717, 1.165) is 0 Å². The van der Waals surface area contributed by atoms with E-state index in [1.54, 1.807) is 6.92 Å². The number of nitrogens with one attached hydrogen (secondary N) is 2. The number of nitrogens with zero attached hydrogens (tertiary/aromatic N) is 2. The highest BCUT2D eigenvalue weighted by Crippen LogP contribution is 2.22. The molecule has 1 aliphatic rings. The van der Waals surface area contributed by atoms with Gasteiger partial charge in [0.15, 0.2) is 6.61 Å². The van der Waals surface area contributed by atoms with Gasteiger partial charge in [-0.2, -0.15) is 4.31 Å². The first-order valence-electron chi connectivity index (χ1n) is 11.3. The molecule has 2 aromatic rings. The Hall–Kier alpha value is -2.51. The fourth-order valence-electron chi connectivity index (χ4n) is 3.50. The van der Waals surface area contributed by atoms with E-state index < -0.39 is 26.0 Å². The number of sulfonamides is 2. The van der Waals surface area contributed by atoms with Gasteiger partial charge in [-0.3, -0.25) is 4.79 Å². The van der Waals surface area contributed by atoms with Gasteiger partial charge in [0.2, 0.25) is 20.0 Å². The van der Waals surface area contributed by atoms with E-state index in [0.29, 0.717) is 56.1 Å². The minimum absolute atomic E-state index is 0.131. The fourth-order valence-corrected chi connectivity index (χ4v) is 6.14. The van der Waals surface area contributed by atoms with Gasteiger partial charge < -0.3 is 15.0 Å². The largest absolute Gasteiger partial charge is 0.483 e. The lowest BCUT2D eigenvalue weighted by Crippen LogP contribution is -2.46. The van der Waals surface area contributed by atoms with Gasteiger partial charge in [0.25, 0.3) is 5.91 Å². The summed E-state index contributed by atoms with van der Waals surface area (Å²) in [7, 11) is -5.21. The predicted octanol–water partition coefficient (Wildman–Crippen LogP) is 1.64. The van der Waals surface area contributed by atoms with E-state index in [1.807, 2.05) is 14.0 Å². The number of carbonyl (C=O) groups excluding carboxylic acids is 1. The van der Waals surface area contributed by atoms with Crippen molar-refractivity contribution in [3.05, 3.63) is 48.0 Å². The number of hydrogen-bond donors (Lipinski definition) is 2. The van der Waals surface area contributed by atoms with Crippen LogP contribution >= 0.6 is 0 Å². The highest BCUT2D eigenvalue weighted by atomic mass is 32.2. The molecule has 10 nitrogen and oxygen atoms in total. The van der Waals surface area contributed by atoms with Crippen LogP contribution in [0.2, 0.25) is 0 Å². The maximum Gasteiger partial charge on any atom is 0.262 e. The van der Waals surface area contributed by atoms with E-state index in [-0.39, 0.29) is 16.4 Å². The number of benzene rings is 2. The van der Waals surface area contributed by atoms with E-state index in [1.165, 1.54) is 46.8 Å². The number of amides is 1. The summed E-state index contributed by atoms with van der Waals surface area (Å²) < 4.78 is 59.7. The van der Waals surface area contributed by atoms with Gasteiger partial charge in [-0.05, 0) is 68.4 Å². The Morgan fingerprint density at radius 2 is 1.60 bits per heavy atom. The van der Waals surface area contributed by atoms with Crippen molar-refractivity contribution in [3.8, 4) is 5.75 Å². The first-order valence-corrected chi connectivity index (χ1v) is 14.3. The molecule has 3 rings (SSSR count). The summed E-state index contributed by atoms with van der Waals surface area (Å²) in [6, 6.07) is 10.5. The minimum atomic E-state index is -3.59. The van der Waals surface area contributed by atoms with Crippen molar-refractivity contribution in [1.82, 2.24) is 13.9 Å². The van der Waals surface area contributed by atoms with Crippen LogP contribution in [0.4, 0.5) is 5.69 Å². The Labute approximate surface area is 207 Å². The van der Waals surface area contributed by atoms with Crippen LogP contribution in [-0.4, -0.2) is 78.3 Å². The van der Waals surface area contributed by atoms with Crippen LogP contribution in [-0.2, 0) is 24.8 Å². The zero-order chi connectivity index (χ0) is 25.6. The third-order valence-electron chi connectivity index (χ3n) is 5.60. The Bertz CT molecular complexity index is 1240. The van der Waals surface area contributed by atoms with Gasteiger partial charge >= 0.3 is 0 Å². The average Bonchev–Trinajstić information content (AvgIpc) is 2.82. The molecule has 1 aliphatic heterocycles. The van der Waals surface area contributed by atoms with Crippen molar-refractivity contribution in [1.29, 1.82) is 0 Å². The first-order chi connectivity index (χ1) is 16.5. The molecule has 0 radical (unpaired) electrons. The van der Waals surface area contributed by atoms with Gasteiger partial charge in [-0.25, -0.2) is 21.6 Å². The van der Waals surface area contributed by atoms with Crippen molar-refractivity contribution >= 4 is 31.6 Å². The molecule has 0 atom stereocenters. The lowest BCUT2D eigenvalue weighted by atomic mass is 10.2. The first kappa shape index (κ1) is 27.1. The molecule has 1 amide bonds. The number of anilines is 1. The predicted molar refractivity (Wildman–Crippen MR) is 133 cm³/mol. The molecule has 192 valence electrons. The van der Waals surface area contributed by atoms with Crippen LogP contribution in [0.1, 0.15) is 18.9 Å². The molecule has 2 aromatic carbocycles. The minimum Gasteiger partial charge on any atom is -0.483 e. The number of piperazine rings is 1. The molecule has 1 fully saturated rings. The second-order valence-electron chi connectivity index (χ2n) is 8.39. The van der Waals surface area contributed by atoms with Crippen molar-refractivity contribution < 1.29 is 26.4 Å². The van der Waals surface area contributed by atoms with Gasteiger partial charge in [0.05, 0.1) is 9.79 Å². The molecule has 0 unspecified atom stereocenters. The highest BCUT2D eigenvalue weighted by molar-refractivity contribution is 7.89. The molecule has 35 heavy (non-hydrogen) atoms. The summed E-state index contributed by atoms with van der Waals surface area (Å²) in [5.41, 5.74) is 1.02. The molecular formula is C23H32N4O6S2. The number of ether oxygens (including phenoxy) is 1. The molecule has 0 aromatic heterocycles. The maximum atomic E-state index is 12.8. The molecular weight excluding hydrogens is 492 g/mol. The molecule has 0 aliphatic carbocycles. The Morgan fingerprint density at radius 3 is 2.20 bits per heavy atom. The zero-order valence-corrected chi connectivity index (χ0v) is 21.8. The molecule has 2 N–H and O–H groups in total. The van der Waals surface area contributed by atoms with Crippen LogP contribution in [0.3, 0.4) is 0 Å². The summed E-state index contributed by atoms with van der Waals surface area (Å²) in [6.45, 7) is 5.88. The standard InChI is InChI=1S/C23H32N4O6S2/c1-4-11-24-34(29,30)21-9-10-22(18(2)16-21)33-17-23(28)25-19-5-7-20(8-6-19)35(31,32)27-14-12-26(3)13-15-27/h5-10,16,24H,4,11-15,17H2,1-3H3,(H,25,28). The normalized spacial score (nSPS) is 15.6. The Balaban J connectivity index is 1.56. The fraction of sp³-hybridized carbons (Fsp3) is 0.435. The van der Waals surface area contributed by atoms with Crippen molar-refractivity contribution in [2.24, 2.45) is 0 Å². The average molecular weight is 525 g/mol. The second-order valence-corrected chi connectivity index (χ2v) is 12.1. The maximum absolute atomic E-state index is 12.8. The molecule has 0 spiro atoms. The number of likely N-dealkylation sites (N-methyl/N-ethyl adjacent to an activating group) is 1. The summed E-state index contributed by atoms with van der Waals surface area (Å²) in [6.07, 6.45) is 0.684. The molecule has 0 bridgehead atoms. The highest BCUT2D eigenvalue weighted by Gasteiger charge is 2.27. The number of hydrogen-bond acceptors (Lipinski definition) is 7. The van der Waals surface area contributed by atoms with Gasteiger partial charge in [-0.15, -0.1) is 0 Å². The number of rotatable bonds is 10. The van der Waals surface area contributed by atoms with Crippen molar-refractivity contribution in [3.63, 3.8) is 0 Å². The summed E-state index contributed by atoms with van der Waals surface area (Å²) >= 11 is 0. The monoisotopic (exact) mass is 524 g/mol. The van der Waals surface area contributed by atoms with E-state index in [4.69, 9.17) is 4.74 Å². The number of carbonyl (C=O) groups is 1. The lowest BCUT2D eigenvalue weighted by molar-refractivity contribution is -0.118. The molecule has 1 heterocycles. The van der Waals surface area contributed by atoms with Crippen molar-refractivity contribution in [2.45, 2.75) is 30.1 Å². The Kier molecular flexibility index (Phi) is 8.89. The van der Waals surface area contributed by atoms with E-state index >= 15 is 0 Å². The van der Waals surface area contributed by atoms with E-state index in [2.05, 4.69) is 14.9 Å². The van der Waals surface area contributed by atoms with Crippen LogP contribution in [0.15, 0.2) is 52.3 Å². The van der Waals surface area contributed by atoms with Crippen LogP contribution in [0.5, 0.6) is 5.75 Å². The smallest absolute Gasteiger partial charge is 0.262 e. The third kappa shape index (κ3) is 7.01. The summed E-state index contributed by atoms with van der Waals surface area (Å²) in [4.78, 5) is 14.7. The molecule has 1 saturated heterocycles. The Morgan fingerprint density at radius 1 is 0.971 bits per heavy atom. The van der Waals surface area contributed by atoms with Crippen LogP contribution < -0.4 is 14.8 Å². The summed E-state index contributed by atoms with van der Waals surface area (Å²) in [5, 5.41) is 2.67. The zero-order valence-electron chi connectivity index (χ0n) is 20.2. The quantitative estimate of drug-likeness (QED) is 0.484. The van der Waals surface area contributed by atoms with Crippen LogP contribution in [0, 0.1) is 6.92 Å². The van der Waals surface area contributed by atoms with Gasteiger partial charge in [0, 0.05) is 38.4 Å². The lowest BCUT2D eigenvalue weighted by Gasteiger charge is -2.31. The number of aryl methyl sites for hydroxylation is 1. The van der Waals surface area contributed by atoms with Gasteiger partial charge in [-0.1, -0.05) is 6.92 Å². The third-order valence-corrected chi connectivity index (χ3v) is 8.97. The SMILES string of the molecule is CCCNS(=O)(=O)c1ccc(OCC(=O)Nc2ccc(S(=O)(=O)N3CCN(C)CC3)cc2)c(C)c1.